The molecule has 24 heavy (non-hydrogen) atoms. The quantitative estimate of drug-likeness (QED) is 0.828. The first-order chi connectivity index (χ1) is 11.5. The maximum absolute atomic E-state index is 13.1. The molecule has 1 aromatic carbocycles. The Hall–Kier alpha value is -2.14. The van der Waals surface area contributed by atoms with Crippen molar-refractivity contribution in [2.75, 3.05) is 18.5 Å². The molecule has 128 valence electrons. The summed E-state index contributed by atoms with van der Waals surface area (Å²) in [5.41, 5.74) is 3.74. The number of anilines is 1. The third kappa shape index (κ3) is 2.63. The molecular weight excluding hydrogens is 302 g/mol. The van der Waals surface area contributed by atoms with E-state index in [0.29, 0.717) is 18.9 Å². The summed E-state index contributed by atoms with van der Waals surface area (Å²) in [6, 6.07) is 8.22. The Morgan fingerprint density at radius 3 is 2.83 bits per heavy atom. The SMILES string of the molecule is CC[C@@]1(C)Cc2ccccc2-c2nc(NCCCO)n(C)c(=O)c21. The number of aliphatic hydroxyl groups is 1. The molecule has 1 aliphatic carbocycles. The van der Waals surface area contributed by atoms with Gasteiger partial charge in [0, 0.05) is 31.2 Å². The van der Waals surface area contributed by atoms with Crippen LogP contribution in [0.25, 0.3) is 11.3 Å². The standard InChI is InChI=1S/C19H25N3O2/c1-4-19(2)12-13-8-5-6-9-14(13)16-15(19)17(24)22(3)18(21-16)20-10-7-11-23/h5-6,8-9,23H,4,7,10-12H2,1-3H3,(H,20,21)/t19-/m0/s1. The lowest BCUT2D eigenvalue weighted by atomic mass is 9.69. The van der Waals surface area contributed by atoms with Gasteiger partial charge in [-0.2, -0.15) is 0 Å². The summed E-state index contributed by atoms with van der Waals surface area (Å²) >= 11 is 0. The molecule has 0 saturated heterocycles. The topological polar surface area (TPSA) is 67.2 Å². The van der Waals surface area contributed by atoms with Gasteiger partial charge in [-0.1, -0.05) is 38.1 Å². The molecule has 1 heterocycles. The number of hydrogen-bond acceptors (Lipinski definition) is 4. The zero-order valence-corrected chi connectivity index (χ0v) is 14.6. The summed E-state index contributed by atoms with van der Waals surface area (Å²) < 4.78 is 1.60. The smallest absolute Gasteiger partial charge is 0.259 e. The summed E-state index contributed by atoms with van der Waals surface area (Å²) in [4.78, 5) is 17.9. The maximum Gasteiger partial charge on any atom is 0.259 e. The molecule has 0 unspecified atom stereocenters. The minimum absolute atomic E-state index is 0.0188. The number of benzene rings is 1. The van der Waals surface area contributed by atoms with Gasteiger partial charge >= 0.3 is 0 Å². The van der Waals surface area contributed by atoms with Crippen LogP contribution in [0.3, 0.4) is 0 Å². The van der Waals surface area contributed by atoms with E-state index in [2.05, 4.69) is 25.2 Å². The molecule has 0 amide bonds. The third-order valence-corrected chi connectivity index (χ3v) is 5.15. The van der Waals surface area contributed by atoms with E-state index in [1.165, 1.54) is 5.56 Å². The molecule has 5 nitrogen and oxygen atoms in total. The van der Waals surface area contributed by atoms with Gasteiger partial charge < -0.3 is 10.4 Å². The first-order valence-corrected chi connectivity index (χ1v) is 8.56. The van der Waals surface area contributed by atoms with Gasteiger partial charge in [0.2, 0.25) is 5.95 Å². The van der Waals surface area contributed by atoms with E-state index in [9.17, 15) is 4.79 Å². The Morgan fingerprint density at radius 1 is 1.38 bits per heavy atom. The van der Waals surface area contributed by atoms with Crippen molar-refractivity contribution < 1.29 is 5.11 Å². The van der Waals surface area contributed by atoms with Crippen LogP contribution < -0.4 is 10.9 Å². The van der Waals surface area contributed by atoms with Gasteiger partial charge in [-0.3, -0.25) is 9.36 Å². The van der Waals surface area contributed by atoms with Gasteiger partial charge in [0.05, 0.1) is 11.3 Å². The van der Waals surface area contributed by atoms with Crippen LogP contribution in [0.2, 0.25) is 0 Å². The number of aromatic nitrogens is 2. The fourth-order valence-corrected chi connectivity index (χ4v) is 3.49. The summed E-state index contributed by atoms with van der Waals surface area (Å²) in [5.74, 6) is 0.558. The van der Waals surface area contributed by atoms with Gasteiger partial charge in [0.1, 0.15) is 0 Å². The lowest BCUT2D eigenvalue weighted by Gasteiger charge is -2.35. The Balaban J connectivity index is 2.21. The summed E-state index contributed by atoms with van der Waals surface area (Å²) in [7, 11) is 1.76. The van der Waals surface area contributed by atoms with E-state index < -0.39 is 0 Å². The monoisotopic (exact) mass is 327 g/mol. The van der Waals surface area contributed by atoms with E-state index in [0.717, 1.165) is 29.7 Å². The van der Waals surface area contributed by atoms with Crippen molar-refractivity contribution >= 4 is 5.95 Å². The van der Waals surface area contributed by atoms with Gasteiger partial charge in [0.25, 0.3) is 5.56 Å². The predicted octanol–water partition coefficient (Wildman–Crippen LogP) is 2.47. The molecule has 0 saturated carbocycles. The van der Waals surface area contributed by atoms with Crippen LogP contribution in [0.15, 0.2) is 29.1 Å². The van der Waals surface area contributed by atoms with Crippen molar-refractivity contribution in [1.82, 2.24) is 9.55 Å². The third-order valence-electron chi connectivity index (χ3n) is 5.15. The molecule has 0 bridgehead atoms. The Morgan fingerprint density at radius 2 is 2.12 bits per heavy atom. The van der Waals surface area contributed by atoms with Crippen molar-refractivity contribution in [3.05, 3.63) is 45.7 Å². The molecule has 5 heteroatoms. The molecule has 1 aliphatic rings. The predicted molar refractivity (Wildman–Crippen MR) is 96.5 cm³/mol. The molecule has 0 radical (unpaired) electrons. The van der Waals surface area contributed by atoms with Crippen molar-refractivity contribution in [2.45, 2.75) is 38.5 Å². The largest absolute Gasteiger partial charge is 0.396 e. The zero-order valence-electron chi connectivity index (χ0n) is 14.6. The fourth-order valence-electron chi connectivity index (χ4n) is 3.49. The van der Waals surface area contributed by atoms with Gasteiger partial charge in [0.15, 0.2) is 0 Å². The average Bonchev–Trinajstić information content (AvgIpc) is 2.59. The zero-order chi connectivity index (χ0) is 17.3. The highest BCUT2D eigenvalue weighted by Gasteiger charge is 2.37. The number of aliphatic hydroxyl groups excluding tert-OH is 1. The van der Waals surface area contributed by atoms with E-state index in [4.69, 9.17) is 10.1 Å². The average molecular weight is 327 g/mol. The molecule has 0 fully saturated rings. The van der Waals surface area contributed by atoms with Crippen LogP contribution in [0.5, 0.6) is 0 Å². The number of hydrogen-bond donors (Lipinski definition) is 2. The van der Waals surface area contributed by atoms with E-state index in [1.807, 2.05) is 18.2 Å². The summed E-state index contributed by atoms with van der Waals surface area (Å²) in [6.45, 7) is 4.99. The molecular formula is C19H25N3O2. The van der Waals surface area contributed by atoms with Crippen LogP contribution in [-0.2, 0) is 18.9 Å². The molecule has 0 spiro atoms. The second-order valence-electron chi connectivity index (χ2n) is 6.78. The van der Waals surface area contributed by atoms with Crippen LogP contribution >= 0.6 is 0 Å². The van der Waals surface area contributed by atoms with Crippen molar-refractivity contribution in [3.8, 4) is 11.3 Å². The second-order valence-corrected chi connectivity index (χ2v) is 6.78. The van der Waals surface area contributed by atoms with Gasteiger partial charge in [-0.25, -0.2) is 4.98 Å². The number of fused-ring (bicyclic) bond motifs is 3. The van der Waals surface area contributed by atoms with E-state index in [-0.39, 0.29) is 17.6 Å². The minimum atomic E-state index is -0.199. The Labute approximate surface area is 142 Å². The first kappa shape index (κ1) is 16.7. The van der Waals surface area contributed by atoms with E-state index in [1.54, 1.807) is 11.6 Å². The number of nitrogens with zero attached hydrogens (tertiary/aromatic N) is 2. The Kier molecular flexibility index (Phi) is 4.45. The minimum Gasteiger partial charge on any atom is -0.396 e. The lowest BCUT2D eigenvalue weighted by molar-refractivity contribution is 0.292. The maximum atomic E-state index is 13.1. The summed E-state index contributed by atoms with van der Waals surface area (Å²) in [5, 5.41) is 12.1. The van der Waals surface area contributed by atoms with Crippen molar-refractivity contribution in [1.29, 1.82) is 0 Å². The highest BCUT2D eigenvalue weighted by Crippen LogP contribution is 2.42. The second kappa shape index (κ2) is 6.40. The highest BCUT2D eigenvalue weighted by molar-refractivity contribution is 5.72. The van der Waals surface area contributed by atoms with Crippen LogP contribution in [0.1, 0.15) is 37.8 Å². The normalized spacial score (nSPS) is 18.8. The molecule has 1 atom stereocenters. The van der Waals surface area contributed by atoms with Gasteiger partial charge in [-0.05, 0) is 24.8 Å². The van der Waals surface area contributed by atoms with Crippen LogP contribution in [-0.4, -0.2) is 27.8 Å². The summed E-state index contributed by atoms with van der Waals surface area (Å²) in [6.07, 6.45) is 2.37. The molecule has 3 rings (SSSR count). The molecule has 2 aromatic rings. The molecule has 2 N–H and O–H groups in total. The number of nitrogens with one attached hydrogen (secondary N) is 1. The van der Waals surface area contributed by atoms with Crippen LogP contribution in [0.4, 0.5) is 5.95 Å². The first-order valence-electron chi connectivity index (χ1n) is 8.56. The van der Waals surface area contributed by atoms with E-state index >= 15 is 0 Å². The molecule has 1 aromatic heterocycles. The highest BCUT2D eigenvalue weighted by atomic mass is 16.3. The van der Waals surface area contributed by atoms with Gasteiger partial charge in [-0.15, -0.1) is 0 Å². The Bertz CT molecular complexity index is 813. The number of rotatable bonds is 5. The lowest BCUT2D eigenvalue weighted by Crippen LogP contribution is -2.39. The molecule has 0 aliphatic heterocycles. The van der Waals surface area contributed by atoms with Crippen molar-refractivity contribution in [2.24, 2.45) is 7.05 Å². The fraction of sp³-hybridized carbons (Fsp3) is 0.474. The van der Waals surface area contributed by atoms with Crippen LogP contribution in [0, 0.1) is 0 Å². The van der Waals surface area contributed by atoms with Crippen molar-refractivity contribution in [3.63, 3.8) is 0 Å².